The lowest BCUT2D eigenvalue weighted by Crippen LogP contribution is -2.44. The number of carboxylic acid groups (broad SMARTS) is 1. The van der Waals surface area contributed by atoms with E-state index in [1.54, 1.807) is 24.3 Å². The van der Waals surface area contributed by atoms with E-state index in [9.17, 15) is 14.4 Å². The van der Waals surface area contributed by atoms with Crippen molar-refractivity contribution in [1.29, 1.82) is 0 Å². The minimum absolute atomic E-state index is 0.0254. The normalized spacial score (nSPS) is 19.6. The van der Waals surface area contributed by atoms with Crippen molar-refractivity contribution in [3.05, 3.63) is 24.3 Å². The Kier molecular flexibility index (Phi) is 3.70. The van der Waals surface area contributed by atoms with Gasteiger partial charge < -0.3 is 20.1 Å². The fourth-order valence-electron chi connectivity index (χ4n) is 2.46. The highest BCUT2D eigenvalue weighted by molar-refractivity contribution is 6.00. The van der Waals surface area contributed by atoms with Crippen LogP contribution in [0.5, 0.6) is 5.75 Å². The number of nitrogens with zero attached hydrogens (tertiary/aromatic N) is 1. The second kappa shape index (κ2) is 5.67. The van der Waals surface area contributed by atoms with Crippen molar-refractivity contribution >= 4 is 23.5 Å². The van der Waals surface area contributed by atoms with Gasteiger partial charge in [0.2, 0.25) is 5.91 Å². The number of aliphatic carboxylic acids is 1. The van der Waals surface area contributed by atoms with Crippen LogP contribution in [-0.2, 0) is 14.4 Å². The standard InChI is InChI=1S/C15H16N2O5/c18-13(17(8-14(19)20)9-5-6-9)7-12-15(21)16-10-3-1-2-4-11(10)22-12/h1-4,9,12H,5-8H2,(H,16,21)(H,19,20). The largest absolute Gasteiger partial charge is 0.480 e. The van der Waals surface area contributed by atoms with Crippen LogP contribution in [0, 0.1) is 0 Å². The zero-order valence-corrected chi connectivity index (χ0v) is 11.8. The second-order valence-electron chi connectivity index (χ2n) is 5.44. The molecule has 3 rings (SSSR count). The summed E-state index contributed by atoms with van der Waals surface area (Å²) in [5.74, 6) is -1.31. The first kappa shape index (κ1) is 14.4. The fraction of sp³-hybridized carbons (Fsp3) is 0.400. The molecule has 1 aromatic rings. The van der Waals surface area contributed by atoms with Gasteiger partial charge in [-0.15, -0.1) is 0 Å². The Balaban J connectivity index is 1.68. The number of hydrogen-bond acceptors (Lipinski definition) is 4. The van der Waals surface area contributed by atoms with Crippen molar-refractivity contribution in [2.24, 2.45) is 0 Å². The molecule has 2 amide bonds. The molecular weight excluding hydrogens is 288 g/mol. The first-order valence-electron chi connectivity index (χ1n) is 7.12. The van der Waals surface area contributed by atoms with Gasteiger partial charge in [0.25, 0.3) is 5.91 Å². The van der Waals surface area contributed by atoms with Crippen molar-refractivity contribution < 1.29 is 24.2 Å². The van der Waals surface area contributed by atoms with Crippen molar-refractivity contribution in [2.45, 2.75) is 31.4 Å². The third-order valence-corrected chi connectivity index (χ3v) is 3.68. The van der Waals surface area contributed by atoms with Crippen molar-refractivity contribution in [3.63, 3.8) is 0 Å². The van der Waals surface area contributed by atoms with E-state index < -0.39 is 18.0 Å². The average Bonchev–Trinajstić information content (AvgIpc) is 3.29. The number of ether oxygens (including phenoxy) is 1. The third kappa shape index (κ3) is 3.03. The number of hydrogen-bond donors (Lipinski definition) is 2. The maximum absolute atomic E-state index is 12.3. The molecular formula is C15H16N2O5. The van der Waals surface area contributed by atoms with Crippen LogP contribution in [0.25, 0.3) is 0 Å². The summed E-state index contributed by atoms with van der Waals surface area (Å²) in [7, 11) is 0. The fourth-order valence-corrected chi connectivity index (χ4v) is 2.46. The number of carboxylic acids is 1. The van der Waals surface area contributed by atoms with Gasteiger partial charge in [-0.05, 0) is 25.0 Å². The summed E-state index contributed by atoms with van der Waals surface area (Å²) >= 11 is 0. The second-order valence-corrected chi connectivity index (χ2v) is 5.44. The molecule has 0 bridgehead atoms. The van der Waals surface area contributed by atoms with Gasteiger partial charge in [0.1, 0.15) is 12.3 Å². The number of nitrogens with one attached hydrogen (secondary N) is 1. The van der Waals surface area contributed by atoms with Crippen LogP contribution in [0.3, 0.4) is 0 Å². The molecule has 0 saturated heterocycles. The number of carbonyl (C=O) groups excluding carboxylic acids is 2. The topological polar surface area (TPSA) is 95.9 Å². The highest BCUT2D eigenvalue weighted by Gasteiger charge is 2.37. The Morgan fingerprint density at radius 1 is 1.32 bits per heavy atom. The molecule has 22 heavy (non-hydrogen) atoms. The van der Waals surface area contributed by atoms with Gasteiger partial charge in [0.15, 0.2) is 6.10 Å². The molecule has 1 unspecified atom stereocenters. The highest BCUT2D eigenvalue weighted by atomic mass is 16.5. The van der Waals surface area contributed by atoms with E-state index in [4.69, 9.17) is 9.84 Å². The Bertz CT molecular complexity index is 626. The van der Waals surface area contributed by atoms with E-state index in [1.807, 2.05) is 0 Å². The predicted molar refractivity (Wildman–Crippen MR) is 76.5 cm³/mol. The van der Waals surface area contributed by atoms with E-state index in [-0.39, 0.29) is 24.9 Å². The summed E-state index contributed by atoms with van der Waals surface area (Å²) in [6.45, 7) is -0.339. The molecule has 0 radical (unpaired) electrons. The molecule has 116 valence electrons. The molecule has 2 N–H and O–H groups in total. The summed E-state index contributed by atoms with van der Waals surface area (Å²) in [4.78, 5) is 36.5. The number of amides is 2. The van der Waals surface area contributed by atoms with Crippen LogP contribution < -0.4 is 10.1 Å². The molecule has 7 heteroatoms. The smallest absolute Gasteiger partial charge is 0.323 e. The maximum Gasteiger partial charge on any atom is 0.323 e. The number of para-hydroxylation sites is 2. The van der Waals surface area contributed by atoms with Gasteiger partial charge in [0, 0.05) is 6.04 Å². The number of anilines is 1. The van der Waals surface area contributed by atoms with Gasteiger partial charge in [-0.1, -0.05) is 12.1 Å². The Hall–Kier alpha value is -2.57. The van der Waals surface area contributed by atoms with Gasteiger partial charge >= 0.3 is 5.97 Å². The molecule has 1 heterocycles. The maximum atomic E-state index is 12.3. The van der Waals surface area contributed by atoms with Crippen LogP contribution in [0.4, 0.5) is 5.69 Å². The van der Waals surface area contributed by atoms with Crippen LogP contribution in [-0.4, -0.2) is 46.5 Å². The first-order valence-corrected chi connectivity index (χ1v) is 7.12. The average molecular weight is 304 g/mol. The Morgan fingerprint density at radius 2 is 2.05 bits per heavy atom. The van der Waals surface area contributed by atoms with E-state index in [1.165, 1.54) is 4.90 Å². The summed E-state index contributed by atoms with van der Waals surface area (Å²) in [6.07, 6.45) is 0.515. The van der Waals surface area contributed by atoms with Crippen LogP contribution in [0.15, 0.2) is 24.3 Å². The van der Waals surface area contributed by atoms with Crippen molar-refractivity contribution in [3.8, 4) is 5.75 Å². The SMILES string of the molecule is O=C(O)CN(C(=O)CC1Oc2ccccc2NC1=O)C1CC1. The molecule has 0 spiro atoms. The quantitative estimate of drug-likeness (QED) is 0.841. The molecule has 0 aromatic heterocycles. The molecule has 1 aliphatic heterocycles. The summed E-state index contributed by atoms with van der Waals surface area (Å²) in [6, 6.07) is 6.95. The lowest BCUT2D eigenvalue weighted by molar-refractivity contribution is -0.146. The van der Waals surface area contributed by atoms with Gasteiger partial charge in [-0.25, -0.2) is 0 Å². The Labute approximate surface area is 126 Å². The van der Waals surface area contributed by atoms with Crippen LogP contribution >= 0.6 is 0 Å². The van der Waals surface area contributed by atoms with Crippen LogP contribution in [0.1, 0.15) is 19.3 Å². The summed E-state index contributed by atoms with van der Waals surface area (Å²) in [5.41, 5.74) is 0.570. The minimum Gasteiger partial charge on any atom is -0.480 e. The zero-order chi connectivity index (χ0) is 15.7. The van der Waals surface area contributed by atoms with Crippen molar-refractivity contribution in [1.82, 2.24) is 4.90 Å². The van der Waals surface area contributed by atoms with E-state index in [0.29, 0.717) is 11.4 Å². The number of carbonyl (C=O) groups is 3. The molecule has 1 saturated carbocycles. The summed E-state index contributed by atoms with van der Waals surface area (Å²) in [5, 5.41) is 11.6. The van der Waals surface area contributed by atoms with Gasteiger partial charge in [-0.2, -0.15) is 0 Å². The molecule has 1 atom stereocenters. The van der Waals surface area contributed by atoms with E-state index in [2.05, 4.69) is 5.32 Å². The minimum atomic E-state index is -1.06. The van der Waals surface area contributed by atoms with Gasteiger partial charge in [-0.3, -0.25) is 14.4 Å². The number of rotatable bonds is 5. The Morgan fingerprint density at radius 3 is 2.73 bits per heavy atom. The van der Waals surface area contributed by atoms with E-state index in [0.717, 1.165) is 12.8 Å². The third-order valence-electron chi connectivity index (χ3n) is 3.68. The highest BCUT2D eigenvalue weighted by Crippen LogP contribution is 2.31. The molecule has 1 aromatic carbocycles. The molecule has 1 fully saturated rings. The zero-order valence-electron chi connectivity index (χ0n) is 11.8. The molecule has 1 aliphatic carbocycles. The number of benzene rings is 1. The summed E-state index contributed by atoms with van der Waals surface area (Å²) < 4.78 is 5.56. The lowest BCUT2D eigenvalue weighted by Gasteiger charge is -2.27. The molecule has 7 nitrogen and oxygen atoms in total. The number of fused-ring (bicyclic) bond motifs is 1. The van der Waals surface area contributed by atoms with Crippen molar-refractivity contribution in [2.75, 3.05) is 11.9 Å². The monoisotopic (exact) mass is 304 g/mol. The van der Waals surface area contributed by atoms with E-state index >= 15 is 0 Å². The lowest BCUT2D eigenvalue weighted by atomic mass is 10.1. The predicted octanol–water partition coefficient (Wildman–Crippen LogP) is 0.852. The van der Waals surface area contributed by atoms with Crippen LogP contribution in [0.2, 0.25) is 0 Å². The van der Waals surface area contributed by atoms with Gasteiger partial charge in [0.05, 0.1) is 12.1 Å². The first-order chi connectivity index (χ1) is 10.5. The molecule has 2 aliphatic rings.